The fourth-order valence-corrected chi connectivity index (χ4v) is 6.23. The van der Waals surface area contributed by atoms with Crippen molar-refractivity contribution in [3.8, 4) is 11.3 Å². The Morgan fingerprint density at radius 1 is 0.730 bits per heavy atom. The molecule has 0 fully saturated rings. The molecule has 0 unspecified atom stereocenters. The summed E-state index contributed by atoms with van der Waals surface area (Å²) in [5, 5.41) is 0. The number of hydrogen-bond acceptors (Lipinski definition) is 2. The highest BCUT2D eigenvalue weighted by Crippen LogP contribution is 2.35. The van der Waals surface area contributed by atoms with Crippen LogP contribution >= 0.6 is 15.9 Å². The normalized spacial score (nSPS) is 11.3. The van der Waals surface area contributed by atoms with Gasteiger partial charge in [-0.15, -0.1) is 0 Å². The third kappa shape index (κ3) is 5.10. The Balaban J connectivity index is 1.82. The summed E-state index contributed by atoms with van der Waals surface area (Å²) in [6, 6.07) is 36.8. The molecule has 5 heteroatoms. The van der Waals surface area contributed by atoms with Gasteiger partial charge in [0.2, 0.25) is 0 Å². The summed E-state index contributed by atoms with van der Waals surface area (Å²) >= 11 is 3.49. The monoisotopic (exact) mass is 567 g/mol. The molecule has 4 aromatic carbocycles. The number of nitrogens with zero attached hydrogens (tertiary/aromatic N) is 1. The van der Waals surface area contributed by atoms with E-state index in [1.807, 2.05) is 123 Å². The fraction of sp³-hybridized carbons (Fsp3) is 0.0625. The maximum atomic E-state index is 14.2. The van der Waals surface area contributed by atoms with Gasteiger partial charge in [0.15, 0.2) is 0 Å². The molecule has 3 nitrogen and oxygen atoms in total. The van der Waals surface area contributed by atoms with E-state index in [-0.39, 0.29) is 4.90 Å². The lowest BCUT2D eigenvalue weighted by atomic mass is 9.96. The largest absolute Gasteiger partial charge is 0.268 e. The highest BCUT2D eigenvalue weighted by Gasteiger charge is 2.26. The van der Waals surface area contributed by atoms with Gasteiger partial charge in [-0.05, 0) is 78.1 Å². The number of rotatable bonds is 6. The highest BCUT2D eigenvalue weighted by molar-refractivity contribution is 9.10. The van der Waals surface area contributed by atoms with Gasteiger partial charge in [-0.3, -0.25) is 0 Å². The molecule has 0 bridgehead atoms. The van der Waals surface area contributed by atoms with Crippen LogP contribution in [0.25, 0.3) is 22.9 Å². The SMILES string of the molecule is Cc1ccc(S(=O)(=O)n2c(-c3ccc(Br)cc3)cc(C)c2C=C(c2ccccc2)c2ccccc2)cc1. The van der Waals surface area contributed by atoms with Crippen molar-refractivity contribution < 1.29 is 8.42 Å². The predicted octanol–water partition coefficient (Wildman–Crippen LogP) is 8.36. The highest BCUT2D eigenvalue weighted by atomic mass is 79.9. The Hall–Kier alpha value is -3.67. The molecule has 37 heavy (non-hydrogen) atoms. The third-order valence-corrected chi connectivity index (χ3v) is 8.62. The van der Waals surface area contributed by atoms with Crippen LogP contribution in [0.15, 0.2) is 125 Å². The minimum Gasteiger partial charge on any atom is -0.234 e. The summed E-state index contributed by atoms with van der Waals surface area (Å²) < 4.78 is 30.9. The van der Waals surface area contributed by atoms with E-state index in [4.69, 9.17) is 0 Å². The van der Waals surface area contributed by atoms with Gasteiger partial charge < -0.3 is 0 Å². The van der Waals surface area contributed by atoms with Crippen molar-refractivity contribution in [2.75, 3.05) is 0 Å². The Kier molecular flexibility index (Phi) is 7.00. The standard InChI is InChI=1S/C32H26BrNO2S/c1-23-13-19-29(20-14-23)37(35,36)34-31(24(2)21-32(34)27-15-17-28(33)18-16-27)22-30(25-9-5-3-6-10-25)26-11-7-4-8-12-26/h3-22H,1-2H3. The summed E-state index contributed by atoms with van der Waals surface area (Å²) in [6.45, 7) is 3.91. The quantitative estimate of drug-likeness (QED) is 0.207. The molecule has 5 rings (SSSR count). The molecule has 0 aliphatic heterocycles. The zero-order chi connectivity index (χ0) is 26.0. The van der Waals surface area contributed by atoms with Crippen LogP contribution in [0.5, 0.6) is 0 Å². The van der Waals surface area contributed by atoms with E-state index >= 15 is 0 Å². The third-order valence-electron chi connectivity index (χ3n) is 6.34. The molecule has 0 aliphatic rings. The summed E-state index contributed by atoms with van der Waals surface area (Å²) in [5.41, 5.74) is 6.92. The van der Waals surface area contributed by atoms with E-state index in [9.17, 15) is 8.42 Å². The van der Waals surface area contributed by atoms with Crippen LogP contribution in [0.1, 0.15) is 27.9 Å². The molecule has 0 radical (unpaired) electrons. The smallest absolute Gasteiger partial charge is 0.234 e. The number of aromatic nitrogens is 1. The zero-order valence-electron chi connectivity index (χ0n) is 20.6. The maximum Gasteiger partial charge on any atom is 0.268 e. The number of hydrogen-bond donors (Lipinski definition) is 0. The van der Waals surface area contributed by atoms with Crippen molar-refractivity contribution in [1.29, 1.82) is 0 Å². The van der Waals surface area contributed by atoms with E-state index in [1.54, 1.807) is 12.1 Å². The number of aryl methyl sites for hydroxylation is 2. The first-order valence-corrected chi connectivity index (χ1v) is 14.2. The average Bonchev–Trinajstić information content (AvgIpc) is 3.25. The van der Waals surface area contributed by atoms with Gasteiger partial charge in [-0.2, -0.15) is 0 Å². The van der Waals surface area contributed by atoms with Crippen LogP contribution in [0.2, 0.25) is 0 Å². The van der Waals surface area contributed by atoms with Crippen molar-refractivity contribution in [1.82, 2.24) is 3.97 Å². The topological polar surface area (TPSA) is 39.1 Å². The second kappa shape index (κ2) is 10.4. The molecule has 0 saturated carbocycles. The van der Waals surface area contributed by atoms with E-state index in [0.717, 1.165) is 37.9 Å². The Bertz CT molecular complexity index is 1630. The molecule has 0 amide bonds. The molecular formula is C32H26BrNO2S. The Morgan fingerprint density at radius 3 is 1.81 bits per heavy atom. The first-order valence-electron chi connectivity index (χ1n) is 12.0. The van der Waals surface area contributed by atoms with Crippen molar-refractivity contribution >= 4 is 37.6 Å². The fourth-order valence-electron chi connectivity index (χ4n) is 4.40. The minimum absolute atomic E-state index is 0.252. The zero-order valence-corrected chi connectivity index (χ0v) is 23.0. The second-order valence-corrected chi connectivity index (χ2v) is 11.7. The second-order valence-electron chi connectivity index (χ2n) is 8.98. The lowest BCUT2D eigenvalue weighted by molar-refractivity contribution is 0.587. The van der Waals surface area contributed by atoms with E-state index in [1.165, 1.54) is 3.97 Å². The lowest BCUT2D eigenvalue weighted by Crippen LogP contribution is -2.16. The molecule has 1 heterocycles. The molecule has 184 valence electrons. The van der Waals surface area contributed by atoms with Gasteiger partial charge in [-0.25, -0.2) is 12.4 Å². The van der Waals surface area contributed by atoms with Gasteiger partial charge in [-0.1, -0.05) is 106 Å². The lowest BCUT2D eigenvalue weighted by Gasteiger charge is -2.16. The first-order chi connectivity index (χ1) is 17.8. The molecule has 0 spiro atoms. The van der Waals surface area contributed by atoms with Gasteiger partial charge >= 0.3 is 0 Å². The van der Waals surface area contributed by atoms with Crippen LogP contribution < -0.4 is 0 Å². The maximum absolute atomic E-state index is 14.2. The van der Waals surface area contributed by atoms with Crippen molar-refractivity contribution in [3.05, 3.63) is 148 Å². The van der Waals surface area contributed by atoms with Crippen LogP contribution in [0, 0.1) is 13.8 Å². The van der Waals surface area contributed by atoms with E-state index < -0.39 is 10.0 Å². The average molecular weight is 569 g/mol. The van der Waals surface area contributed by atoms with Crippen LogP contribution in [-0.4, -0.2) is 12.4 Å². The predicted molar refractivity (Wildman–Crippen MR) is 156 cm³/mol. The Labute approximate surface area is 226 Å². The van der Waals surface area contributed by atoms with Crippen LogP contribution in [-0.2, 0) is 10.0 Å². The first kappa shape index (κ1) is 25.0. The summed E-state index contributed by atoms with van der Waals surface area (Å²) in [5.74, 6) is 0. The Morgan fingerprint density at radius 2 is 1.27 bits per heavy atom. The molecule has 1 aromatic heterocycles. The van der Waals surface area contributed by atoms with Crippen LogP contribution in [0.4, 0.5) is 0 Å². The summed E-state index contributed by atoms with van der Waals surface area (Å²) in [4.78, 5) is 0.252. The number of halogens is 1. The van der Waals surface area contributed by atoms with Gasteiger partial charge in [0, 0.05) is 4.47 Å². The van der Waals surface area contributed by atoms with Crippen molar-refractivity contribution in [2.24, 2.45) is 0 Å². The van der Waals surface area contributed by atoms with Gasteiger partial charge in [0.1, 0.15) is 0 Å². The number of benzene rings is 4. The summed E-state index contributed by atoms with van der Waals surface area (Å²) in [6.07, 6.45) is 1.99. The molecule has 0 atom stereocenters. The summed E-state index contributed by atoms with van der Waals surface area (Å²) in [7, 11) is -3.90. The van der Waals surface area contributed by atoms with Gasteiger partial charge in [0.25, 0.3) is 10.0 Å². The molecular weight excluding hydrogens is 542 g/mol. The van der Waals surface area contributed by atoms with Gasteiger partial charge in [0.05, 0.1) is 16.3 Å². The molecule has 0 aliphatic carbocycles. The van der Waals surface area contributed by atoms with Crippen molar-refractivity contribution in [2.45, 2.75) is 18.7 Å². The van der Waals surface area contributed by atoms with Crippen molar-refractivity contribution in [3.63, 3.8) is 0 Å². The van der Waals surface area contributed by atoms with Crippen LogP contribution in [0.3, 0.4) is 0 Å². The minimum atomic E-state index is -3.90. The molecule has 5 aromatic rings. The van der Waals surface area contributed by atoms with E-state index in [2.05, 4.69) is 15.9 Å². The molecule has 0 N–H and O–H groups in total. The molecule has 0 saturated heterocycles. The van der Waals surface area contributed by atoms with E-state index in [0.29, 0.717) is 11.4 Å².